The van der Waals surface area contributed by atoms with Crippen LogP contribution in [-0.2, 0) is 14.8 Å². The largest absolute Gasteiger partial charge is 0.329 e. The fourth-order valence-electron chi connectivity index (χ4n) is 1.98. The SMILES string of the molecule is CC(=O)N1CCCN(S(=O)(=O)c2ccc(F)cc2)C1. The smallest absolute Gasteiger partial charge is 0.244 e. The third kappa shape index (κ3) is 2.93. The molecule has 1 heterocycles. The number of rotatable bonds is 2. The van der Waals surface area contributed by atoms with Crippen LogP contribution in [0, 0.1) is 5.82 Å². The van der Waals surface area contributed by atoms with Gasteiger partial charge in [-0.25, -0.2) is 12.8 Å². The number of hydrogen-bond acceptors (Lipinski definition) is 3. The van der Waals surface area contributed by atoms with Crippen LogP contribution in [0.2, 0.25) is 0 Å². The van der Waals surface area contributed by atoms with Gasteiger partial charge in [-0.15, -0.1) is 0 Å². The quantitative estimate of drug-likeness (QED) is 0.816. The van der Waals surface area contributed by atoms with Gasteiger partial charge in [-0.1, -0.05) is 0 Å². The topological polar surface area (TPSA) is 57.7 Å². The molecule has 0 bridgehead atoms. The van der Waals surface area contributed by atoms with E-state index in [-0.39, 0.29) is 17.5 Å². The van der Waals surface area contributed by atoms with E-state index in [1.54, 1.807) is 0 Å². The van der Waals surface area contributed by atoms with E-state index in [0.717, 1.165) is 12.1 Å². The van der Waals surface area contributed by atoms with Crippen LogP contribution in [0.1, 0.15) is 13.3 Å². The maximum atomic E-state index is 12.8. The summed E-state index contributed by atoms with van der Waals surface area (Å²) < 4.78 is 38.7. The van der Waals surface area contributed by atoms with E-state index in [9.17, 15) is 17.6 Å². The second-order valence-electron chi connectivity index (χ2n) is 4.41. The van der Waals surface area contributed by atoms with Crippen LogP contribution in [0.4, 0.5) is 4.39 Å². The van der Waals surface area contributed by atoms with Gasteiger partial charge in [-0.2, -0.15) is 4.31 Å². The molecule has 19 heavy (non-hydrogen) atoms. The van der Waals surface area contributed by atoms with Crippen molar-refractivity contribution in [3.05, 3.63) is 30.1 Å². The lowest BCUT2D eigenvalue weighted by Crippen LogP contribution is -2.48. The third-order valence-electron chi connectivity index (χ3n) is 3.06. The Morgan fingerprint density at radius 3 is 2.42 bits per heavy atom. The fourth-order valence-corrected chi connectivity index (χ4v) is 3.42. The molecule has 0 radical (unpaired) electrons. The van der Waals surface area contributed by atoms with Gasteiger partial charge in [0.1, 0.15) is 5.82 Å². The van der Waals surface area contributed by atoms with Gasteiger partial charge in [0.05, 0.1) is 11.6 Å². The molecule has 1 saturated heterocycles. The first-order valence-electron chi connectivity index (χ1n) is 5.92. The minimum absolute atomic E-state index is 0.0410. The molecule has 0 N–H and O–H groups in total. The van der Waals surface area contributed by atoms with Gasteiger partial charge in [-0.3, -0.25) is 4.79 Å². The standard InChI is InChI=1S/C12H15FN2O3S/c1-10(16)14-7-2-8-15(9-14)19(17,18)12-5-3-11(13)4-6-12/h3-6H,2,7-9H2,1H3. The highest BCUT2D eigenvalue weighted by Gasteiger charge is 2.29. The molecular weight excluding hydrogens is 271 g/mol. The normalized spacial score (nSPS) is 17.5. The maximum Gasteiger partial charge on any atom is 0.244 e. The first-order chi connectivity index (χ1) is 8.91. The summed E-state index contributed by atoms with van der Waals surface area (Å²) in [4.78, 5) is 12.8. The molecule has 1 amide bonds. The minimum Gasteiger partial charge on any atom is -0.329 e. The Labute approximate surface area is 111 Å². The molecule has 0 saturated carbocycles. The van der Waals surface area contributed by atoms with E-state index < -0.39 is 15.8 Å². The van der Waals surface area contributed by atoms with Crippen molar-refractivity contribution < 1.29 is 17.6 Å². The van der Waals surface area contributed by atoms with E-state index in [2.05, 4.69) is 0 Å². The van der Waals surface area contributed by atoms with Crippen molar-refractivity contribution >= 4 is 15.9 Å². The maximum absolute atomic E-state index is 12.8. The molecule has 1 aromatic rings. The molecular formula is C12H15FN2O3S. The Balaban J connectivity index is 2.24. The molecule has 5 nitrogen and oxygen atoms in total. The Morgan fingerprint density at radius 1 is 1.21 bits per heavy atom. The molecule has 0 aromatic heterocycles. The summed E-state index contributed by atoms with van der Waals surface area (Å²) >= 11 is 0. The molecule has 104 valence electrons. The molecule has 0 atom stereocenters. The summed E-state index contributed by atoms with van der Waals surface area (Å²) in [6.07, 6.45) is 0.597. The summed E-state index contributed by atoms with van der Waals surface area (Å²) in [5.41, 5.74) is 0. The summed E-state index contributed by atoms with van der Waals surface area (Å²) in [7, 11) is -3.67. The fraction of sp³-hybridized carbons (Fsp3) is 0.417. The molecule has 0 aliphatic carbocycles. The average molecular weight is 286 g/mol. The summed E-state index contributed by atoms with van der Waals surface area (Å²) in [5.74, 6) is -0.637. The van der Waals surface area contributed by atoms with Crippen molar-refractivity contribution in [2.45, 2.75) is 18.2 Å². The Kier molecular flexibility index (Phi) is 3.86. The van der Waals surface area contributed by atoms with Gasteiger partial charge < -0.3 is 4.90 Å². The van der Waals surface area contributed by atoms with E-state index in [4.69, 9.17) is 0 Å². The predicted molar refractivity (Wildman–Crippen MR) is 67.2 cm³/mol. The zero-order valence-electron chi connectivity index (χ0n) is 10.5. The van der Waals surface area contributed by atoms with Crippen LogP contribution in [0.5, 0.6) is 0 Å². The number of amides is 1. The lowest BCUT2D eigenvalue weighted by Gasteiger charge is -2.34. The first kappa shape index (κ1) is 14.0. The average Bonchev–Trinajstić information content (AvgIpc) is 2.39. The van der Waals surface area contributed by atoms with Gasteiger partial charge >= 0.3 is 0 Å². The van der Waals surface area contributed by atoms with Crippen LogP contribution in [0.25, 0.3) is 0 Å². The van der Waals surface area contributed by atoms with Crippen LogP contribution < -0.4 is 0 Å². The minimum atomic E-state index is -3.67. The summed E-state index contributed by atoms with van der Waals surface area (Å²) in [6.45, 7) is 2.39. The predicted octanol–water partition coefficient (Wildman–Crippen LogP) is 1.03. The zero-order valence-corrected chi connectivity index (χ0v) is 11.4. The third-order valence-corrected chi connectivity index (χ3v) is 4.91. The van der Waals surface area contributed by atoms with Crippen molar-refractivity contribution in [3.8, 4) is 0 Å². The van der Waals surface area contributed by atoms with Gasteiger partial charge in [0, 0.05) is 20.0 Å². The highest BCUT2D eigenvalue weighted by molar-refractivity contribution is 7.89. The monoisotopic (exact) mass is 286 g/mol. The van der Waals surface area contributed by atoms with Crippen molar-refractivity contribution in [2.75, 3.05) is 19.8 Å². The number of carbonyl (C=O) groups excluding carboxylic acids is 1. The lowest BCUT2D eigenvalue weighted by molar-refractivity contribution is -0.131. The van der Waals surface area contributed by atoms with Gasteiger partial charge in [0.25, 0.3) is 0 Å². The Morgan fingerprint density at radius 2 is 1.84 bits per heavy atom. The van der Waals surface area contributed by atoms with Gasteiger partial charge in [0.15, 0.2) is 0 Å². The molecule has 1 aliphatic rings. The second-order valence-corrected chi connectivity index (χ2v) is 6.35. The van der Waals surface area contributed by atoms with E-state index in [1.165, 1.54) is 28.3 Å². The highest BCUT2D eigenvalue weighted by Crippen LogP contribution is 2.19. The van der Waals surface area contributed by atoms with Crippen LogP contribution in [-0.4, -0.2) is 43.3 Å². The van der Waals surface area contributed by atoms with Crippen LogP contribution in [0.3, 0.4) is 0 Å². The highest BCUT2D eigenvalue weighted by atomic mass is 32.2. The molecule has 0 unspecified atom stereocenters. The van der Waals surface area contributed by atoms with Gasteiger partial charge in [-0.05, 0) is 30.7 Å². The summed E-state index contributed by atoms with van der Waals surface area (Å²) in [5, 5.41) is 0. The molecule has 1 fully saturated rings. The lowest BCUT2D eigenvalue weighted by atomic mass is 10.3. The number of benzene rings is 1. The van der Waals surface area contributed by atoms with Crippen molar-refractivity contribution in [1.29, 1.82) is 0 Å². The number of hydrogen-bond donors (Lipinski definition) is 0. The molecule has 1 aromatic carbocycles. The van der Waals surface area contributed by atoms with Crippen molar-refractivity contribution in [1.82, 2.24) is 9.21 Å². The second kappa shape index (κ2) is 5.26. The van der Waals surface area contributed by atoms with E-state index in [1.807, 2.05) is 0 Å². The number of sulfonamides is 1. The van der Waals surface area contributed by atoms with Crippen molar-refractivity contribution in [3.63, 3.8) is 0 Å². The van der Waals surface area contributed by atoms with E-state index >= 15 is 0 Å². The molecule has 1 aliphatic heterocycles. The summed E-state index contributed by atoms with van der Waals surface area (Å²) in [6, 6.07) is 4.69. The number of nitrogens with zero attached hydrogens (tertiary/aromatic N) is 2. The van der Waals surface area contributed by atoms with Crippen molar-refractivity contribution in [2.24, 2.45) is 0 Å². The Bertz CT molecular complexity index is 571. The molecule has 2 rings (SSSR count). The number of halogens is 1. The van der Waals surface area contributed by atoms with Crippen LogP contribution >= 0.6 is 0 Å². The zero-order chi connectivity index (χ0) is 14.0. The van der Waals surface area contributed by atoms with Crippen LogP contribution in [0.15, 0.2) is 29.2 Å². The molecule has 0 spiro atoms. The number of carbonyl (C=O) groups is 1. The Hall–Kier alpha value is -1.47. The first-order valence-corrected chi connectivity index (χ1v) is 7.36. The molecule has 7 heteroatoms. The van der Waals surface area contributed by atoms with E-state index in [0.29, 0.717) is 19.5 Å². The van der Waals surface area contributed by atoms with Gasteiger partial charge in [0.2, 0.25) is 15.9 Å².